The summed E-state index contributed by atoms with van der Waals surface area (Å²) in [6.07, 6.45) is 1.72. The summed E-state index contributed by atoms with van der Waals surface area (Å²) in [6, 6.07) is 10.6. The highest BCUT2D eigenvalue weighted by Gasteiger charge is 2.17. The average molecular weight is 388 g/mol. The lowest BCUT2D eigenvalue weighted by molar-refractivity contribution is 0.0906. The van der Waals surface area contributed by atoms with Gasteiger partial charge >= 0.3 is 0 Å². The molecule has 7 heteroatoms. The molecule has 3 rings (SSSR count). The summed E-state index contributed by atoms with van der Waals surface area (Å²) in [5.74, 6) is 1.11. The number of aryl methyl sites for hydroxylation is 2. The molecular weight excluding hydrogens is 366 g/mol. The minimum Gasteiger partial charge on any atom is -0.484 e. The topological polar surface area (TPSA) is 69.3 Å². The Balaban J connectivity index is 1.62. The molecule has 0 aliphatic carbocycles. The summed E-state index contributed by atoms with van der Waals surface area (Å²) in [6.45, 7) is 6.77. The third-order valence-corrected chi connectivity index (χ3v) is 4.55. The molecule has 0 fully saturated rings. The standard InChI is InChI=1S/C20H22ClN3O3/c1-4-24-17(10-11-22-24)14(3)23-20(25)18-9-8-15(27-18)12-26-19-13(2)6-5-7-16(19)21/h5-11,14H,4,12H2,1-3H3,(H,23,25). The highest BCUT2D eigenvalue weighted by molar-refractivity contribution is 6.32. The molecule has 1 amide bonds. The fraction of sp³-hybridized carbons (Fsp3) is 0.300. The van der Waals surface area contributed by atoms with E-state index in [4.69, 9.17) is 20.8 Å². The van der Waals surface area contributed by atoms with Gasteiger partial charge < -0.3 is 14.5 Å². The van der Waals surface area contributed by atoms with Crippen molar-refractivity contribution in [3.8, 4) is 5.75 Å². The molecular formula is C20H22ClN3O3. The maximum Gasteiger partial charge on any atom is 0.287 e. The first-order valence-electron chi connectivity index (χ1n) is 8.78. The minimum atomic E-state index is -0.286. The van der Waals surface area contributed by atoms with Crippen LogP contribution in [-0.4, -0.2) is 15.7 Å². The van der Waals surface area contributed by atoms with Crippen molar-refractivity contribution < 1.29 is 13.9 Å². The van der Waals surface area contributed by atoms with E-state index in [9.17, 15) is 4.79 Å². The molecule has 3 aromatic rings. The molecule has 0 aliphatic heterocycles. The van der Waals surface area contributed by atoms with E-state index in [0.29, 0.717) is 16.5 Å². The minimum absolute atomic E-state index is 0.185. The zero-order valence-electron chi connectivity index (χ0n) is 15.5. The molecule has 1 N–H and O–H groups in total. The van der Waals surface area contributed by atoms with E-state index in [-0.39, 0.29) is 24.3 Å². The molecule has 6 nitrogen and oxygen atoms in total. The van der Waals surface area contributed by atoms with Crippen LogP contribution in [0.1, 0.15) is 47.5 Å². The summed E-state index contributed by atoms with van der Waals surface area (Å²) >= 11 is 6.16. The van der Waals surface area contributed by atoms with Gasteiger partial charge in [-0.1, -0.05) is 23.7 Å². The van der Waals surface area contributed by atoms with Gasteiger partial charge in [0.25, 0.3) is 5.91 Å². The second-order valence-electron chi connectivity index (χ2n) is 6.21. The third-order valence-electron chi connectivity index (χ3n) is 4.25. The fourth-order valence-electron chi connectivity index (χ4n) is 2.84. The van der Waals surface area contributed by atoms with Crippen LogP contribution in [0.4, 0.5) is 0 Å². The molecule has 1 aromatic carbocycles. The smallest absolute Gasteiger partial charge is 0.287 e. The van der Waals surface area contributed by atoms with Gasteiger partial charge in [0.1, 0.15) is 18.1 Å². The predicted molar refractivity (Wildman–Crippen MR) is 103 cm³/mol. The molecule has 0 saturated heterocycles. The number of para-hydroxylation sites is 1. The number of nitrogens with one attached hydrogen (secondary N) is 1. The largest absolute Gasteiger partial charge is 0.484 e. The van der Waals surface area contributed by atoms with Crippen molar-refractivity contribution >= 4 is 17.5 Å². The van der Waals surface area contributed by atoms with E-state index < -0.39 is 0 Å². The van der Waals surface area contributed by atoms with Gasteiger partial charge in [-0.05, 0) is 50.6 Å². The van der Waals surface area contributed by atoms with Gasteiger partial charge in [-0.25, -0.2) is 0 Å². The van der Waals surface area contributed by atoms with Crippen molar-refractivity contribution in [3.63, 3.8) is 0 Å². The predicted octanol–water partition coefficient (Wildman–Crippen LogP) is 4.53. The van der Waals surface area contributed by atoms with E-state index >= 15 is 0 Å². The Morgan fingerprint density at radius 2 is 2.15 bits per heavy atom. The fourth-order valence-corrected chi connectivity index (χ4v) is 3.11. The molecule has 142 valence electrons. The van der Waals surface area contributed by atoms with Gasteiger partial charge in [0.15, 0.2) is 5.76 Å². The van der Waals surface area contributed by atoms with E-state index in [2.05, 4.69) is 10.4 Å². The Morgan fingerprint density at radius 3 is 2.89 bits per heavy atom. The highest BCUT2D eigenvalue weighted by atomic mass is 35.5. The monoisotopic (exact) mass is 387 g/mol. The third kappa shape index (κ3) is 4.34. The Labute approximate surface area is 163 Å². The number of hydrogen-bond donors (Lipinski definition) is 1. The van der Waals surface area contributed by atoms with Gasteiger partial charge in [-0.3, -0.25) is 9.48 Å². The molecule has 27 heavy (non-hydrogen) atoms. The van der Waals surface area contributed by atoms with Crippen LogP contribution in [0, 0.1) is 6.92 Å². The first-order chi connectivity index (χ1) is 13.0. The molecule has 1 atom stereocenters. The lowest BCUT2D eigenvalue weighted by atomic mass is 10.2. The van der Waals surface area contributed by atoms with Gasteiger partial charge in [-0.15, -0.1) is 0 Å². The van der Waals surface area contributed by atoms with E-state index in [0.717, 1.165) is 17.8 Å². The lowest BCUT2D eigenvalue weighted by Crippen LogP contribution is -2.28. The molecule has 1 unspecified atom stereocenters. The van der Waals surface area contributed by atoms with Crippen LogP contribution in [0.2, 0.25) is 5.02 Å². The summed E-state index contributed by atoms with van der Waals surface area (Å²) in [5.41, 5.74) is 1.88. The number of amides is 1. The van der Waals surface area contributed by atoms with Crippen molar-refractivity contribution in [2.24, 2.45) is 0 Å². The number of benzene rings is 1. The number of furan rings is 1. The summed E-state index contributed by atoms with van der Waals surface area (Å²) in [5, 5.41) is 7.69. The number of carbonyl (C=O) groups excluding carboxylic acids is 1. The van der Waals surface area contributed by atoms with Crippen molar-refractivity contribution in [1.29, 1.82) is 0 Å². The van der Waals surface area contributed by atoms with Crippen LogP contribution in [0.3, 0.4) is 0 Å². The van der Waals surface area contributed by atoms with Gasteiger partial charge in [-0.2, -0.15) is 5.10 Å². The second-order valence-corrected chi connectivity index (χ2v) is 6.61. The number of hydrogen-bond acceptors (Lipinski definition) is 4. The number of aromatic nitrogens is 2. The first kappa shape index (κ1) is 19.0. The Morgan fingerprint density at radius 1 is 1.33 bits per heavy atom. The van der Waals surface area contributed by atoms with Crippen LogP contribution in [-0.2, 0) is 13.2 Å². The maximum atomic E-state index is 12.4. The molecule has 2 heterocycles. The summed E-state index contributed by atoms with van der Waals surface area (Å²) < 4.78 is 13.2. The SMILES string of the molecule is CCn1nccc1C(C)NC(=O)c1ccc(COc2c(C)cccc2Cl)o1. The summed E-state index contributed by atoms with van der Waals surface area (Å²) in [4.78, 5) is 12.4. The Bertz CT molecular complexity index is 912. The Kier molecular flexibility index (Phi) is 5.86. The summed E-state index contributed by atoms with van der Waals surface area (Å²) in [7, 11) is 0. The van der Waals surface area contributed by atoms with Gasteiger partial charge in [0.2, 0.25) is 0 Å². The number of ether oxygens (including phenoxy) is 1. The van der Waals surface area contributed by atoms with Crippen molar-refractivity contribution in [2.45, 2.75) is 40.0 Å². The Hall–Kier alpha value is -2.73. The van der Waals surface area contributed by atoms with E-state index in [1.54, 1.807) is 24.4 Å². The molecule has 0 spiro atoms. The molecule has 0 aliphatic rings. The van der Waals surface area contributed by atoms with Gasteiger partial charge in [0, 0.05) is 12.7 Å². The number of nitrogens with zero attached hydrogens (tertiary/aromatic N) is 2. The molecule has 2 aromatic heterocycles. The normalized spacial score (nSPS) is 12.0. The first-order valence-corrected chi connectivity index (χ1v) is 9.16. The van der Waals surface area contributed by atoms with Crippen LogP contribution in [0.15, 0.2) is 47.0 Å². The van der Waals surface area contributed by atoms with Crippen LogP contribution >= 0.6 is 11.6 Å². The zero-order chi connectivity index (χ0) is 19.4. The highest BCUT2D eigenvalue weighted by Crippen LogP contribution is 2.28. The molecule has 0 saturated carbocycles. The number of rotatable bonds is 7. The molecule has 0 bridgehead atoms. The van der Waals surface area contributed by atoms with E-state index in [1.165, 1.54) is 0 Å². The quantitative estimate of drug-likeness (QED) is 0.646. The van der Waals surface area contributed by atoms with Crippen LogP contribution < -0.4 is 10.1 Å². The lowest BCUT2D eigenvalue weighted by Gasteiger charge is -2.14. The van der Waals surface area contributed by atoms with Crippen LogP contribution in [0.5, 0.6) is 5.75 Å². The number of halogens is 1. The van der Waals surface area contributed by atoms with Gasteiger partial charge in [0.05, 0.1) is 16.8 Å². The number of carbonyl (C=O) groups is 1. The van der Waals surface area contributed by atoms with Crippen molar-refractivity contribution in [1.82, 2.24) is 15.1 Å². The average Bonchev–Trinajstić information content (AvgIpc) is 3.30. The second kappa shape index (κ2) is 8.31. The zero-order valence-corrected chi connectivity index (χ0v) is 16.3. The van der Waals surface area contributed by atoms with Crippen LogP contribution in [0.25, 0.3) is 0 Å². The van der Waals surface area contributed by atoms with E-state index in [1.807, 2.05) is 43.7 Å². The maximum absolute atomic E-state index is 12.4. The van der Waals surface area contributed by atoms with Crippen molar-refractivity contribution in [2.75, 3.05) is 0 Å². The van der Waals surface area contributed by atoms with Crippen molar-refractivity contribution in [3.05, 3.63) is 70.4 Å². The molecule has 0 radical (unpaired) electrons.